The lowest BCUT2D eigenvalue weighted by molar-refractivity contribution is 0.0314. The van der Waals surface area contributed by atoms with E-state index in [2.05, 4.69) is 16.8 Å². The zero-order chi connectivity index (χ0) is 13.9. The van der Waals surface area contributed by atoms with E-state index in [4.69, 9.17) is 5.73 Å². The average Bonchev–Trinajstić information content (AvgIpc) is 2.66. The molecule has 2 aliphatic rings. The number of hydrogen-bond donors (Lipinski definition) is 2. The van der Waals surface area contributed by atoms with Crippen LogP contribution in [0.1, 0.15) is 45.4 Å². The molecule has 2 saturated heterocycles. The van der Waals surface area contributed by atoms with Gasteiger partial charge >= 0.3 is 0 Å². The summed E-state index contributed by atoms with van der Waals surface area (Å²) in [5.41, 5.74) is 5.02. The summed E-state index contributed by atoms with van der Waals surface area (Å²) in [6.45, 7) is 5.95. The number of nitrogens with zero attached hydrogens (tertiary/aromatic N) is 2. The van der Waals surface area contributed by atoms with Gasteiger partial charge in [0.15, 0.2) is 0 Å². The molecule has 19 heavy (non-hydrogen) atoms. The molecule has 3 atom stereocenters. The van der Waals surface area contributed by atoms with Crippen LogP contribution in [0.15, 0.2) is 0 Å². The Morgan fingerprint density at radius 1 is 1.26 bits per heavy atom. The molecule has 0 aromatic heterocycles. The normalized spacial score (nSPS) is 32.2. The Labute approximate surface area is 117 Å². The van der Waals surface area contributed by atoms with E-state index >= 15 is 0 Å². The van der Waals surface area contributed by atoms with E-state index in [1.54, 1.807) is 0 Å². The van der Waals surface area contributed by atoms with E-state index in [-0.39, 0.29) is 0 Å². The van der Waals surface area contributed by atoms with Crippen molar-refractivity contribution in [3.63, 3.8) is 0 Å². The lowest BCUT2D eigenvalue weighted by Gasteiger charge is -2.28. The van der Waals surface area contributed by atoms with E-state index in [1.165, 1.54) is 32.4 Å². The third-order valence-electron chi connectivity index (χ3n) is 5.39. The number of aliphatic hydroxyl groups is 1. The van der Waals surface area contributed by atoms with Crippen LogP contribution in [0.3, 0.4) is 0 Å². The van der Waals surface area contributed by atoms with Crippen LogP contribution in [-0.2, 0) is 0 Å². The predicted molar refractivity (Wildman–Crippen MR) is 79.2 cm³/mol. The summed E-state index contributed by atoms with van der Waals surface area (Å²) in [6, 6.07) is 1.57. The van der Waals surface area contributed by atoms with Gasteiger partial charge in [-0.1, -0.05) is 6.92 Å². The molecule has 0 saturated carbocycles. The third-order valence-corrected chi connectivity index (χ3v) is 5.39. The van der Waals surface area contributed by atoms with E-state index in [1.807, 2.05) is 6.92 Å². The van der Waals surface area contributed by atoms with Gasteiger partial charge < -0.3 is 15.7 Å². The molecule has 3 N–H and O–H groups in total. The van der Waals surface area contributed by atoms with Crippen LogP contribution in [-0.4, -0.2) is 65.8 Å². The van der Waals surface area contributed by atoms with Crippen LogP contribution in [0.5, 0.6) is 0 Å². The van der Waals surface area contributed by atoms with E-state index in [0.29, 0.717) is 6.54 Å². The fraction of sp³-hybridized carbons (Fsp3) is 1.00. The van der Waals surface area contributed by atoms with Crippen molar-refractivity contribution >= 4 is 0 Å². The maximum Gasteiger partial charge on any atom is 0.0767 e. The maximum absolute atomic E-state index is 10.2. The van der Waals surface area contributed by atoms with Gasteiger partial charge in [0.2, 0.25) is 0 Å². The highest BCUT2D eigenvalue weighted by Crippen LogP contribution is 2.28. The first-order valence-corrected chi connectivity index (χ1v) is 7.94. The van der Waals surface area contributed by atoms with Crippen LogP contribution in [0.2, 0.25) is 0 Å². The van der Waals surface area contributed by atoms with Crippen molar-refractivity contribution in [1.82, 2.24) is 9.80 Å². The largest absolute Gasteiger partial charge is 0.389 e. The number of rotatable bonds is 6. The van der Waals surface area contributed by atoms with Crippen molar-refractivity contribution in [2.45, 2.75) is 63.1 Å². The van der Waals surface area contributed by atoms with Crippen LogP contribution in [0.25, 0.3) is 0 Å². The SMILES string of the molecule is CCC(O)(CN)CCCN1CCC2CCC(C1)N2C. The van der Waals surface area contributed by atoms with E-state index in [9.17, 15) is 5.11 Å². The first-order chi connectivity index (χ1) is 9.08. The Kier molecular flexibility index (Phi) is 5.23. The van der Waals surface area contributed by atoms with Crippen molar-refractivity contribution < 1.29 is 5.11 Å². The average molecular weight is 269 g/mol. The van der Waals surface area contributed by atoms with Crippen molar-refractivity contribution in [1.29, 1.82) is 0 Å². The highest BCUT2D eigenvalue weighted by atomic mass is 16.3. The molecule has 0 aromatic carbocycles. The summed E-state index contributed by atoms with van der Waals surface area (Å²) in [7, 11) is 2.29. The number of likely N-dealkylation sites (tertiary alicyclic amines) is 1. The summed E-state index contributed by atoms with van der Waals surface area (Å²) < 4.78 is 0. The predicted octanol–water partition coefficient (Wildman–Crippen LogP) is 1.03. The van der Waals surface area contributed by atoms with Gasteiger partial charge in [0.25, 0.3) is 0 Å². The van der Waals surface area contributed by atoms with Crippen molar-refractivity contribution in [3.05, 3.63) is 0 Å². The minimum atomic E-state index is -0.637. The summed E-state index contributed by atoms with van der Waals surface area (Å²) in [5.74, 6) is 0. The monoisotopic (exact) mass is 269 g/mol. The second-order valence-corrected chi connectivity index (χ2v) is 6.53. The Morgan fingerprint density at radius 3 is 2.68 bits per heavy atom. The molecule has 2 aliphatic heterocycles. The van der Waals surface area contributed by atoms with Crippen LogP contribution >= 0.6 is 0 Å². The minimum Gasteiger partial charge on any atom is -0.389 e. The lowest BCUT2D eigenvalue weighted by atomic mass is 9.94. The molecule has 2 rings (SSSR count). The molecule has 0 aliphatic carbocycles. The highest BCUT2D eigenvalue weighted by Gasteiger charge is 2.34. The molecule has 0 aromatic rings. The van der Waals surface area contributed by atoms with E-state index in [0.717, 1.165) is 37.9 Å². The smallest absolute Gasteiger partial charge is 0.0767 e. The number of fused-ring (bicyclic) bond motifs is 2. The molecule has 2 fully saturated rings. The fourth-order valence-corrected chi connectivity index (χ4v) is 3.64. The van der Waals surface area contributed by atoms with Gasteiger partial charge in [0.1, 0.15) is 0 Å². The van der Waals surface area contributed by atoms with Crippen LogP contribution in [0, 0.1) is 0 Å². The molecule has 2 bridgehead atoms. The highest BCUT2D eigenvalue weighted by molar-refractivity contribution is 4.91. The lowest BCUT2D eigenvalue weighted by Crippen LogP contribution is -2.39. The van der Waals surface area contributed by atoms with Gasteiger partial charge in [0, 0.05) is 25.2 Å². The first-order valence-electron chi connectivity index (χ1n) is 7.94. The zero-order valence-corrected chi connectivity index (χ0v) is 12.6. The van der Waals surface area contributed by atoms with Gasteiger partial charge in [-0.15, -0.1) is 0 Å². The Bertz CT molecular complexity index is 281. The Morgan fingerprint density at radius 2 is 2.00 bits per heavy atom. The summed E-state index contributed by atoms with van der Waals surface area (Å²) in [5, 5.41) is 10.2. The topological polar surface area (TPSA) is 52.7 Å². The molecule has 0 radical (unpaired) electrons. The molecule has 0 amide bonds. The number of hydrogen-bond acceptors (Lipinski definition) is 4. The molecule has 4 nitrogen and oxygen atoms in total. The summed E-state index contributed by atoms with van der Waals surface area (Å²) in [4.78, 5) is 5.18. The number of nitrogens with two attached hydrogens (primary N) is 1. The maximum atomic E-state index is 10.2. The van der Waals surface area contributed by atoms with Crippen molar-refractivity contribution in [2.75, 3.05) is 33.2 Å². The molecule has 4 heteroatoms. The fourth-order valence-electron chi connectivity index (χ4n) is 3.64. The standard InChI is InChI=1S/C15H31N3O/c1-3-15(19,12-16)8-4-9-18-10-7-13-5-6-14(11-18)17(13)2/h13-14,19H,3-12,16H2,1-2H3. The van der Waals surface area contributed by atoms with Crippen molar-refractivity contribution in [3.8, 4) is 0 Å². The molecule has 2 heterocycles. The molecule has 0 spiro atoms. The quantitative estimate of drug-likeness (QED) is 0.756. The summed E-state index contributed by atoms with van der Waals surface area (Å²) in [6.07, 6.45) is 6.71. The third kappa shape index (κ3) is 3.69. The Balaban J connectivity index is 1.75. The molecule has 3 unspecified atom stereocenters. The van der Waals surface area contributed by atoms with Gasteiger partial charge in [-0.05, 0) is 58.7 Å². The van der Waals surface area contributed by atoms with Gasteiger partial charge in [-0.3, -0.25) is 4.90 Å². The van der Waals surface area contributed by atoms with Gasteiger partial charge in [-0.2, -0.15) is 0 Å². The minimum absolute atomic E-state index is 0.386. The second kappa shape index (κ2) is 6.53. The zero-order valence-electron chi connectivity index (χ0n) is 12.6. The Hall–Kier alpha value is -0.160. The van der Waals surface area contributed by atoms with E-state index < -0.39 is 5.60 Å². The summed E-state index contributed by atoms with van der Waals surface area (Å²) >= 11 is 0. The van der Waals surface area contributed by atoms with Gasteiger partial charge in [-0.25, -0.2) is 0 Å². The van der Waals surface area contributed by atoms with Gasteiger partial charge in [0.05, 0.1) is 5.60 Å². The van der Waals surface area contributed by atoms with Crippen molar-refractivity contribution in [2.24, 2.45) is 5.73 Å². The first kappa shape index (κ1) is 15.2. The molecular formula is C15H31N3O. The number of likely N-dealkylation sites (N-methyl/N-ethyl adjacent to an activating group) is 1. The molecule has 112 valence electrons. The molecular weight excluding hydrogens is 238 g/mol. The second-order valence-electron chi connectivity index (χ2n) is 6.53. The van der Waals surface area contributed by atoms with Crippen LogP contribution < -0.4 is 5.73 Å². The van der Waals surface area contributed by atoms with Crippen LogP contribution in [0.4, 0.5) is 0 Å².